The van der Waals surface area contributed by atoms with E-state index in [1.54, 1.807) is 6.20 Å². The van der Waals surface area contributed by atoms with Crippen molar-refractivity contribution in [1.29, 1.82) is 0 Å². The molecule has 0 amide bonds. The van der Waals surface area contributed by atoms with Crippen molar-refractivity contribution in [3.8, 4) is 23.4 Å². The lowest BCUT2D eigenvalue weighted by Gasteiger charge is -2.26. The highest BCUT2D eigenvalue weighted by atomic mass is 16.5. The molecule has 33 heavy (non-hydrogen) atoms. The van der Waals surface area contributed by atoms with Gasteiger partial charge in [0.25, 0.3) is 0 Å². The van der Waals surface area contributed by atoms with Crippen LogP contribution in [0.25, 0.3) is 21.8 Å². The van der Waals surface area contributed by atoms with Gasteiger partial charge in [-0.25, -0.2) is 9.97 Å². The molecule has 2 aromatic heterocycles. The van der Waals surface area contributed by atoms with Crippen LogP contribution >= 0.6 is 0 Å². The first-order chi connectivity index (χ1) is 16.3. The van der Waals surface area contributed by atoms with Crippen LogP contribution in [-0.2, 0) is 4.74 Å². The number of hydrogen-bond donors (Lipinski definition) is 0. The third kappa shape index (κ3) is 5.10. The van der Waals surface area contributed by atoms with Crippen LogP contribution in [0.1, 0.15) is 6.42 Å². The van der Waals surface area contributed by atoms with E-state index >= 15 is 0 Å². The van der Waals surface area contributed by atoms with Gasteiger partial charge in [-0.15, -0.1) is 0 Å². The van der Waals surface area contributed by atoms with Gasteiger partial charge in [-0.1, -0.05) is 0 Å². The second-order valence-corrected chi connectivity index (χ2v) is 7.70. The van der Waals surface area contributed by atoms with Crippen molar-refractivity contribution in [2.24, 2.45) is 0 Å². The normalized spacial score (nSPS) is 14.5. The lowest BCUT2D eigenvalue weighted by molar-refractivity contribution is 0.0358. The zero-order valence-corrected chi connectivity index (χ0v) is 18.4. The lowest BCUT2D eigenvalue weighted by Crippen LogP contribution is -2.37. The summed E-state index contributed by atoms with van der Waals surface area (Å²) < 4.78 is 22.8. The Balaban J connectivity index is 1.32. The Morgan fingerprint density at radius 1 is 1.00 bits per heavy atom. The monoisotopic (exact) mass is 447 g/mol. The molecule has 3 heterocycles. The number of fused-ring (bicyclic) bond motifs is 2. The highest BCUT2D eigenvalue weighted by Crippen LogP contribution is 2.32. The molecule has 4 aromatic rings. The van der Waals surface area contributed by atoms with Crippen molar-refractivity contribution in [2.45, 2.75) is 6.42 Å². The molecule has 170 valence electrons. The van der Waals surface area contributed by atoms with Crippen LogP contribution < -0.4 is 14.2 Å². The Morgan fingerprint density at radius 2 is 1.85 bits per heavy atom. The van der Waals surface area contributed by atoms with Gasteiger partial charge in [0.15, 0.2) is 0 Å². The summed E-state index contributed by atoms with van der Waals surface area (Å²) in [4.78, 5) is 19.6. The number of aromatic nitrogens is 4. The first-order valence-electron chi connectivity index (χ1n) is 10.9. The van der Waals surface area contributed by atoms with Gasteiger partial charge in [0.05, 0.1) is 43.4 Å². The maximum Gasteiger partial charge on any atom is 0.320 e. The van der Waals surface area contributed by atoms with Gasteiger partial charge in [-0.2, -0.15) is 9.97 Å². The average Bonchev–Trinajstić information content (AvgIpc) is 2.87. The summed E-state index contributed by atoms with van der Waals surface area (Å²) in [7, 11) is 1.53. The van der Waals surface area contributed by atoms with Gasteiger partial charge in [-0.05, 0) is 30.7 Å². The average molecular weight is 447 g/mol. The zero-order chi connectivity index (χ0) is 22.5. The minimum absolute atomic E-state index is 0.227. The summed E-state index contributed by atoms with van der Waals surface area (Å²) in [6.07, 6.45) is 4.22. The van der Waals surface area contributed by atoms with Crippen LogP contribution in [0.2, 0.25) is 0 Å². The molecule has 1 aliphatic rings. The maximum atomic E-state index is 6.10. The molecule has 0 bridgehead atoms. The highest BCUT2D eigenvalue weighted by Gasteiger charge is 2.13. The van der Waals surface area contributed by atoms with Crippen molar-refractivity contribution in [2.75, 3.05) is 46.6 Å². The SMILES string of the molecule is COc1nc(Oc2ccc3cncnc3c2)c2ccc(OCCCN3CCOCC3)cc2n1. The summed E-state index contributed by atoms with van der Waals surface area (Å²) in [5.74, 6) is 1.77. The summed E-state index contributed by atoms with van der Waals surface area (Å²) in [5, 5.41) is 1.70. The Labute approximate surface area is 191 Å². The highest BCUT2D eigenvalue weighted by molar-refractivity contribution is 5.85. The minimum Gasteiger partial charge on any atom is -0.493 e. The molecule has 0 aliphatic carbocycles. The van der Waals surface area contributed by atoms with Gasteiger partial charge in [0, 0.05) is 43.4 Å². The van der Waals surface area contributed by atoms with Crippen molar-refractivity contribution in [1.82, 2.24) is 24.8 Å². The summed E-state index contributed by atoms with van der Waals surface area (Å²) in [6.45, 7) is 5.23. The molecule has 0 radical (unpaired) electrons. The molecule has 0 atom stereocenters. The Hall–Kier alpha value is -3.56. The largest absolute Gasteiger partial charge is 0.493 e. The molecular formula is C24H25N5O4. The van der Waals surface area contributed by atoms with Gasteiger partial charge in [0.2, 0.25) is 5.88 Å². The molecule has 0 spiro atoms. The molecule has 0 N–H and O–H groups in total. The van der Waals surface area contributed by atoms with Crippen LogP contribution in [0.15, 0.2) is 48.9 Å². The second-order valence-electron chi connectivity index (χ2n) is 7.70. The third-order valence-corrected chi connectivity index (χ3v) is 5.48. The predicted molar refractivity (Wildman–Crippen MR) is 123 cm³/mol. The van der Waals surface area contributed by atoms with E-state index in [-0.39, 0.29) is 6.01 Å². The number of nitrogens with zero attached hydrogens (tertiary/aromatic N) is 5. The van der Waals surface area contributed by atoms with Crippen molar-refractivity contribution in [3.63, 3.8) is 0 Å². The fourth-order valence-corrected chi connectivity index (χ4v) is 3.75. The fourth-order valence-electron chi connectivity index (χ4n) is 3.75. The van der Waals surface area contributed by atoms with Gasteiger partial charge in [0.1, 0.15) is 17.8 Å². The molecule has 1 aliphatic heterocycles. The third-order valence-electron chi connectivity index (χ3n) is 5.48. The van der Waals surface area contributed by atoms with E-state index in [4.69, 9.17) is 18.9 Å². The van der Waals surface area contributed by atoms with E-state index in [0.29, 0.717) is 23.8 Å². The quantitative estimate of drug-likeness (QED) is 0.376. The van der Waals surface area contributed by atoms with Crippen molar-refractivity contribution < 1.29 is 18.9 Å². The van der Waals surface area contributed by atoms with Gasteiger partial charge in [-0.3, -0.25) is 4.90 Å². The maximum absolute atomic E-state index is 6.10. The van der Waals surface area contributed by atoms with E-state index in [9.17, 15) is 0 Å². The van der Waals surface area contributed by atoms with E-state index < -0.39 is 0 Å². The van der Waals surface area contributed by atoms with Crippen LogP contribution in [0.4, 0.5) is 0 Å². The number of morpholine rings is 1. The van der Waals surface area contributed by atoms with E-state index in [0.717, 1.165) is 61.3 Å². The molecule has 2 aromatic carbocycles. The number of rotatable bonds is 8. The van der Waals surface area contributed by atoms with Gasteiger partial charge >= 0.3 is 6.01 Å². The predicted octanol–water partition coefficient (Wildman–Crippen LogP) is 3.48. The molecule has 1 fully saturated rings. The molecule has 9 heteroatoms. The Kier molecular flexibility index (Phi) is 6.41. The molecule has 9 nitrogen and oxygen atoms in total. The van der Waals surface area contributed by atoms with Crippen LogP contribution in [0.3, 0.4) is 0 Å². The molecular weight excluding hydrogens is 422 g/mol. The topological polar surface area (TPSA) is 91.7 Å². The van der Waals surface area contributed by atoms with E-state index in [2.05, 4.69) is 24.8 Å². The zero-order valence-electron chi connectivity index (χ0n) is 18.4. The molecule has 1 saturated heterocycles. The summed E-state index contributed by atoms with van der Waals surface area (Å²) >= 11 is 0. The summed E-state index contributed by atoms with van der Waals surface area (Å²) in [5.41, 5.74) is 1.48. The van der Waals surface area contributed by atoms with Crippen molar-refractivity contribution >= 4 is 21.8 Å². The first-order valence-corrected chi connectivity index (χ1v) is 10.9. The van der Waals surface area contributed by atoms with Crippen LogP contribution in [-0.4, -0.2) is 71.4 Å². The van der Waals surface area contributed by atoms with E-state index in [1.807, 2.05) is 36.4 Å². The minimum atomic E-state index is 0.227. The smallest absolute Gasteiger partial charge is 0.320 e. The molecule has 5 rings (SSSR count). The standard InChI is InChI=1S/C24H25N5O4/c1-30-24-27-22-13-18(32-10-2-7-29-8-11-31-12-9-29)5-6-20(22)23(28-24)33-19-4-3-17-15-25-16-26-21(17)14-19/h3-6,13-16H,2,7-12H2,1H3. The van der Waals surface area contributed by atoms with Crippen LogP contribution in [0.5, 0.6) is 23.4 Å². The fraction of sp³-hybridized carbons (Fsp3) is 0.333. The van der Waals surface area contributed by atoms with E-state index in [1.165, 1.54) is 13.4 Å². The Bertz CT molecular complexity index is 1250. The first kappa shape index (κ1) is 21.3. The number of methoxy groups -OCH3 is 1. The number of benzene rings is 2. The molecule has 0 unspecified atom stereocenters. The summed E-state index contributed by atoms with van der Waals surface area (Å²) in [6, 6.07) is 11.5. The van der Waals surface area contributed by atoms with Gasteiger partial charge < -0.3 is 18.9 Å². The number of ether oxygens (including phenoxy) is 4. The second kappa shape index (κ2) is 9.93. The lowest BCUT2D eigenvalue weighted by atomic mass is 10.2. The van der Waals surface area contributed by atoms with Crippen molar-refractivity contribution in [3.05, 3.63) is 48.9 Å². The molecule has 0 saturated carbocycles. The Morgan fingerprint density at radius 3 is 2.73 bits per heavy atom. The number of hydrogen-bond acceptors (Lipinski definition) is 9. The van der Waals surface area contributed by atoms with Crippen LogP contribution in [0, 0.1) is 0 Å².